The number of amides is 1. The van der Waals surface area contributed by atoms with E-state index in [-0.39, 0.29) is 31.9 Å². The summed E-state index contributed by atoms with van der Waals surface area (Å²) >= 11 is 7.68. The van der Waals surface area contributed by atoms with Crippen LogP contribution in [0.2, 0.25) is 5.02 Å². The molecule has 0 spiro atoms. The number of anilines is 1. The van der Waals surface area contributed by atoms with Gasteiger partial charge in [0.05, 0.1) is 30.3 Å². The Morgan fingerprint density at radius 2 is 1.76 bits per heavy atom. The van der Waals surface area contributed by atoms with Crippen LogP contribution in [0.4, 0.5) is 5.69 Å². The zero-order valence-corrected chi connectivity index (χ0v) is 33.1. The summed E-state index contributed by atoms with van der Waals surface area (Å²) in [6.07, 6.45) is 2.31. The Kier molecular flexibility index (Phi) is 21.3. The number of methoxy groups -OCH3 is 2. The number of carbonyl (C=O) groups excluding carboxylic acids is 1. The molecule has 2 heterocycles. The van der Waals surface area contributed by atoms with E-state index in [1.165, 1.54) is 11.3 Å². The van der Waals surface area contributed by atoms with Gasteiger partial charge < -0.3 is 29.3 Å². The smallest absolute Gasteiger partial charge is 0.308 e. The van der Waals surface area contributed by atoms with Gasteiger partial charge in [-0.15, -0.1) is 17.9 Å². The van der Waals surface area contributed by atoms with Crippen molar-refractivity contribution in [1.82, 2.24) is 4.98 Å². The fraction of sp³-hybridized carbons (Fsp3) is 0.475. The Morgan fingerprint density at radius 3 is 2.31 bits per heavy atom. The summed E-state index contributed by atoms with van der Waals surface area (Å²) < 4.78 is 15.8. The summed E-state index contributed by atoms with van der Waals surface area (Å²) in [5, 5.41) is 20.7. The van der Waals surface area contributed by atoms with Gasteiger partial charge in [0.15, 0.2) is 0 Å². The number of fused-ring (bicyclic) bond motifs is 1. The lowest BCUT2D eigenvalue weighted by Crippen LogP contribution is -2.45. The lowest BCUT2D eigenvalue weighted by molar-refractivity contribution is -0.136. The third-order valence-electron chi connectivity index (χ3n) is 7.47. The minimum absolute atomic E-state index is 0.100. The van der Waals surface area contributed by atoms with E-state index in [9.17, 15) is 19.8 Å². The van der Waals surface area contributed by atoms with E-state index in [1.807, 2.05) is 84.0 Å². The predicted octanol–water partition coefficient (Wildman–Crippen LogP) is 8.66. The molecule has 1 aliphatic rings. The molecule has 0 fully saturated rings. The number of aryl methyl sites for hydroxylation is 2. The highest BCUT2D eigenvalue weighted by Gasteiger charge is 2.38. The van der Waals surface area contributed by atoms with Crippen LogP contribution in [-0.4, -0.2) is 67.2 Å². The molecule has 4 rings (SSSR count). The Morgan fingerprint density at radius 1 is 1.10 bits per heavy atom. The van der Waals surface area contributed by atoms with Gasteiger partial charge in [0.1, 0.15) is 18.5 Å². The van der Waals surface area contributed by atoms with Crippen LogP contribution in [-0.2, 0) is 49.5 Å². The number of carbonyl (C=O) groups is 2. The van der Waals surface area contributed by atoms with Gasteiger partial charge in [-0.1, -0.05) is 96.1 Å². The molecule has 0 saturated carbocycles. The number of nitrogens with zero attached hydrogens (tertiary/aromatic N) is 2. The molecule has 1 aromatic heterocycles. The van der Waals surface area contributed by atoms with Crippen LogP contribution in [0.3, 0.4) is 0 Å². The Bertz CT molecular complexity index is 1510. The van der Waals surface area contributed by atoms with Crippen LogP contribution in [0.1, 0.15) is 80.8 Å². The highest BCUT2D eigenvalue weighted by molar-refractivity contribution is 7.11. The van der Waals surface area contributed by atoms with Crippen molar-refractivity contribution in [3.63, 3.8) is 0 Å². The first-order chi connectivity index (χ1) is 24.4. The van der Waals surface area contributed by atoms with Crippen LogP contribution in [0, 0.1) is 5.41 Å². The molecule has 2 atom stereocenters. The van der Waals surface area contributed by atoms with E-state index in [1.54, 1.807) is 31.3 Å². The van der Waals surface area contributed by atoms with Gasteiger partial charge in [-0.05, 0) is 43.0 Å². The zero-order valence-electron chi connectivity index (χ0n) is 31.5. The van der Waals surface area contributed by atoms with E-state index in [4.69, 9.17) is 21.3 Å². The molecule has 3 aromatic rings. The van der Waals surface area contributed by atoms with Gasteiger partial charge in [0.2, 0.25) is 0 Å². The normalized spacial score (nSPS) is 15.0. The standard InChI is InChI=1S/C31H35ClN2O5S.C5H10O2.2C2H6/c1-4-8-25-22-15-21(32)12-14-24(22)34(18-31(2,3)19-35)30(38)26(39-25)16-28-33-23(27(40-28)17-29(36)37)13-11-20-9-6-5-7-10-20;1-5(7-3)4-6-2;2*1-2/h4-7,9-10,12,14-15,25-26,35H,1,8,11,13,16-19H2,2-3H3,(H,36,37);1,4H2,2-3H3;2*1-2H3/t25?,26-;;;/m1.../s1. The van der Waals surface area contributed by atoms with Crippen molar-refractivity contribution in [3.05, 3.63) is 105 Å². The van der Waals surface area contributed by atoms with Crippen molar-refractivity contribution in [1.29, 1.82) is 0 Å². The molecule has 0 aliphatic carbocycles. The highest BCUT2D eigenvalue weighted by atomic mass is 35.5. The van der Waals surface area contributed by atoms with E-state index >= 15 is 0 Å². The van der Waals surface area contributed by atoms with E-state index in [2.05, 4.69) is 22.6 Å². The largest absolute Gasteiger partial charge is 0.499 e. The molecule has 11 heteroatoms. The summed E-state index contributed by atoms with van der Waals surface area (Å²) in [5.74, 6) is -0.506. The zero-order chi connectivity index (χ0) is 38.6. The maximum absolute atomic E-state index is 14.1. The molecule has 1 unspecified atom stereocenters. The third kappa shape index (κ3) is 14.9. The number of ether oxygens (including phenoxy) is 3. The quantitative estimate of drug-likeness (QED) is 0.117. The molecule has 1 amide bonds. The number of aromatic nitrogens is 1. The van der Waals surface area contributed by atoms with Crippen LogP contribution in [0.15, 0.2) is 73.5 Å². The first-order valence-electron chi connectivity index (χ1n) is 17.3. The van der Waals surface area contributed by atoms with E-state index in [0.717, 1.165) is 23.2 Å². The van der Waals surface area contributed by atoms with Crippen LogP contribution in [0.5, 0.6) is 0 Å². The fourth-order valence-corrected chi connectivity index (χ4v) is 6.36. The van der Waals surface area contributed by atoms with Crippen molar-refractivity contribution in [2.75, 3.05) is 38.9 Å². The minimum atomic E-state index is -0.922. The number of aliphatic hydroxyl groups excluding tert-OH is 1. The second kappa shape index (κ2) is 23.8. The second-order valence-corrected chi connectivity index (χ2v) is 13.6. The molecule has 2 N–H and O–H groups in total. The summed E-state index contributed by atoms with van der Waals surface area (Å²) in [6.45, 7) is 19.9. The number of aliphatic hydroxyl groups is 1. The van der Waals surface area contributed by atoms with Crippen LogP contribution < -0.4 is 4.90 Å². The number of hydrogen-bond acceptors (Lipinski definition) is 8. The molecule has 1 aliphatic heterocycles. The third-order valence-corrected chi connectivity index (χ3v) is 8.83. The summed E-state index contributed by atoms with van der Waals surface area (Å²) in [7, 11) is 3.17. The van der Waals surface area contributed by atoms with E-state index in [0.29, 0.717) is 45.8 Å². The average Bonchev–Trinajstić information content (AvgIpc) is 3.47. The first-order valence-corrected chi connectivity index (χ1v) is 18.5. The number of aliphatic carboxylic acids is 1. The maximum atomic E-state index is 14.1. The van der Waals surface area contributed by atoms with Gasteiger partial charge >= 0.3 is 5.97 Å². The number of halogens is 1. The molecular formula is C40H57ClN2O7S. The molecule has 51 heavy (non-hydrogen) atoms. The summed E-state index contributed by atoms with van der Waals surface area (Å²) in [4.78, 5) is 32.9. The topological polar surface area (TPSA) is 118 Å². The molecule has 0 saturated heterocycles. The number of benzene rings is 2. The number of hydrogen-bond donors (Lipinski definition) is 2. The van der Waals surface area contributed by atoms with Crippen LogP contribution in [0.25, 0.3) is 0 Å². The predicted molar refractivity (Wildman–Crippen MR) is 209 cm³/mol. The summed E-state index contributed by atoms with van der Waals surface area (Å²) in [6, 6.07) is 15.4. The second-order valence-electron chi connectivity index (χ2n) is 12.0. The molecule has 0 radical (unpaired) electrons. The van der Waals surface area contributed by atoms with Crippen molar-refractivity contribution in [2.24, 2.45) is 5.41 Å². The number of rotatable bonds is 15. The van der Waals surface area contributed by atoms with Crippen molar-refractivity contribution in [3.8, 4) is 0 Å². The van der Waals surface area contributed by atoms with Gasteiger partial charge in [-0.3, -0.25) is 9.59 Å². The highest BCUT2D eigenvalue weighted by Crippen LogP contribution is 2.40. The van der Waals surface area contributed by atoms with Crippen molar-refractivity contribution in [2.45, 2.75) is 85.9 Å². The maximum Gasteiger partial charge on any atom is 0.308 e. The SMILES string of the molecule is C=C(COC)OC.C=CCC1O[C@H](Cc2nc(CCc3ccccc3)c(CC(=O)O)s2)C(=O)N(CC(C)(C)CO)c2ccc(Cl)cc21.CC.CC. The minimum Gasteiger partial charge on any atom is -0.499 e. The first kappa shape index (κ1) is 45.5. The monoisotopic (exact) mass is 744 g/mol. The molecule has 2 aromatic carbocycles. The lowest BCUT2D eigenvalue weighted by atomic mass is 9.93. The Balaban J connectivity index is 0.00000104. The van der Waals surface area contributed by atoms with Gasteiger partial charge in [0, 0.05) is 53.2 Å². The summed E-state index contributed by atoms with van der Waals surface area (Å²) in [5.41, 5.74) is 2.80. The average molecular weight is 745 g/mol. The van der Waals surface area contributed by atoms with Gasteiger partial charge in [-0.25, -0.2) is 4.98 Å². The molecule has 282 valence electrons. The number of thiazole rings is 1. The number of carboxylic acids is 1. The molecule has 0 bridgehead atoms. The fourth-order valence-electron chi connectivity index (χ4n) is 5.04. The van der Waals surface area contributed by atoms with E-state index < -0.39 is 23.6 Å². The Hall–Kier alpha value is -3.54. The van der Waals surface area contributed by atoms with Crippen molar-refractivity contribution >= 4 is 40.5 Å². The lowest BCUT2D eigenvalue weighted by Gasteiger charge is -2.32. The molecular weight excluding hydrogens is 688 g/mol. The van der Waals surface area contributed by atoms with Crippen LogP contribution >= 0.6 is 22.9 Å². The van der Waals surface area contributed by atoms with Gasteiger partial charge in [0.25, 0.3) is 5.91 Å². The number of carboxylic acid groups (broad SMARTS) is 1. The Labute approximate surface area is 313 Å². The molecule has 9 nitrogen and oxygen atoms in total. The van der Waals surface area contributed by atoms with Crippen molar-refractivity contribution < 1.29 is 34.0 Å². The van der Waals surface area contributed by atoms with Gasteiger partial charge in [-0.2, -0.15) is 0 Å².